The van der Waals surface area contributed by atoms with Crippen LogP contribution in [0.2, 0.25) is 0 Å². The molecule has 0 saturated carbocycles. The van der Waals surface area contributed by atoms with Crippen molar-refractivity contribution in [3.05, 3.63) is 82.5 Å². The van der Waals surface area contributed by atoms with Crippen LogP contribution in [0.25, 0.3) is 0 Å². The van der Waals surface area contributed by atoms with Crippen LogP contribution in [0.4, 0.5) is 14.5 Å². The highest BCUT2D eigenvalue weighted by Crippen LogP contribution is 2.35. The van der Waals surface area contributed by atoms with Crippen LogP contribution in [-0.4, -0.2) is 57.2 Å². The molecule has 2 aromatic carbocycles. The minimum atomic E-state index is -1.15. The molecule has 3 heterocycles. The number of pyridine rings is 1. The number of fused-ring (bicyclic) bond motifs is 1. The number of hydrogen-bond donors (Lipinski definition) is 2. The number of halogens is 2. The van der Waals surface area contributed by atoms with Crippen molar-refractivity contribution in [2.45, 2.75) is 55.2 Å². The maximum absolute atomic E-state index is 14.4. The Balaban J connectivity index is 1.17. The summed E-state index contributed by atoms with van der Waals surface area (Å²) >= 11 is 1.64. The number of rotatable bonds is 11. The van der Waals surface area contributed by atoms with Crippen molar-refractivity contribution in [1.29, 1.82) is 5.26 Å². The van der Waals surface area contributed by atoms with Crippen LogP contribution in [0, 0.1) is 23.0 Å². The van der Waals surface area contributed by atoms with Crippen molar-refractivity contribution in [2.24, 2.45) is 5.73 Å². The highest BCUT2D eigenvalue weighted by Gasteiger charge is 2.38. The van der Waals surface area contributed by atoms with Gasteiger partial charge in [-0.2, -0.15) is 5.26 Å². The molecule has 0 bridgehead atoms. The molecule has 0 unspecified atom stereocenters. The predicted molar refractivity (Wildman–Crippen MR) is 157 cm³/mol. The predicted octanol–water partition coefficient (Wildman–Crippen LogP) is 4.25. The molecule has 2 aliphatic heterocycles. The molecule has 0 radical (unpaired) electrons. The Hall–Kier alpha value is -4.70. The van der Waals surface area contributed by atoms with E-state index in [1.807, 2.05) is 23.1 Å². The summed E-state index contributed by atoms with van der Waals surface area (Å²) in [5.74, 6) is -3.53. The van der Waals surface area contributed by atoms with E-state index in [1.165, 1.54) is 12.1 Å². The molecule has 1 fully saturated rings. The van der Waals surface area contributed by atoms with Crippen molar-refractivity contribution in [2.75, 3.05) is 18.0 Å². The molecule has 1 aromatic heterocycles. The van der Waals surface area contributed by atoms with E-state index in [2.05, 4.69) is 4.98 Å². The number of benzene rings is 2. The van der Waals surface area contributed by atoms with Gasteiger partial charge in [-0.05, 0) is 49.6 Å². The van der Waals surface area contributed by atoms with E-state index in [9.17, 15) is 23.2 Å². The van der Waals surface area contributed by atoms with Crippen LogP contribution in [0.1, 0.15) is 52.7 Å². The van der Waals surface area contributed by atoms with Gasteiger partial charge >= 0.3 is 5.97 Å². The number of carbonyl (C=O) groups is 3. The molecular formula is C31H29F2N5O5S. The SMILES string of the molecule is N#Cc1ccc(N2CCC(Sc3ccc(COc4cc(F)cc5c4CN([C@@H](CCC(=O)O)C(N)=O)C5=O)cn3)CC2)c(F)c1. The Morgan fingerprint density at radius 3 is 2.59 bits per heavy atom. The minimum absolute atomic E-state index is 0.0411. The van der Waals surface area contributed by atoms with Gasteiger partial charge in [-0.1, -0.05) is 6.07 Å². The molecule has 3 N–H and O–H groups in total. The molecule has 44 heavy (non-hydrogen) atoms. The number of carboxylic acid groups (broad SMARTS) is 1. The first-order valence-electron chi connectivity index (χ1n) is 14.0. The van der Waals surface area contributed by atoms with Crippen molar-refractivity contribution >= 4 is 35.2 Å². The van der Waals surface area contributed by atoms with Crippen LogP contribution in [0.5, 0.6) is 5.75 Å². The van der Waals surface area contributed by atoms with Gasteiger partial charge < -0.3 is 25.4 Å². The molecule has 228 valence electrons. The lowest BCUT2D eigenvalue weighted by atomic mass is 10.1. The molecule has 2 aliphatic rings. The molecule has 2 amide bonds. The van der Waals surface area contributed by atoms with E-state index in [1.54, 1.807) is 30.1 Å². The Labute approximate surface area is 256 Å². The molecule has 1 saturated heterocycles. The van der Waals surface area contributed by atoms with Crippen LogP contribution in [0.15, 0.2) is 53.7 Å². The van der Waals surface area contributed by atoms with Crippen LogP contribution in [-0.2, 0) is 22.7 Å². The standard InChI is InChI=1S/C31H29F2N5O5S/c32-20-12-22-23(16-38(31(22)42)26(30(35)41)4-6-29(39)40)27(13-20)43-17-19-2-5-28(36-15-19)44-21-7-9-37(10-8-21)25-3-1-18(14-34)11-24(25)33/h1-3,5,11-13,15,21,26H,4,6-10,16-17H2,(H2,35,41)(H,39,40)/t26-/m0/s1. The van der Waals surface area contributed by atoms with Gasteiger partial charge in [-0.25, -0.2) is 13.8 Å². The summed E-state index contributed by atoms with van der Waals surface area (Å²) in [7, 11) is 0. The van der Waals surface area contributed by atoms with Crippen molar-refractivity contribution < 1.29 is 33.0 Å². The van der Waals surface area contributed by atoms with Gasteiger partial charge in [0.25, 0.3) is 5.91 Å². The number of nitriles is 1. The first-order valence-corrected chi connectivity index (χ1v) is 14.8. The van der Waals surface area contributed by atoms with E-state index >= 15 is 0 Å². The number of carbonyl (C=O) groups excluding carboxylic acids is 2. The van der Waals surface area contributed by atoms with Gasteiger partial charge in [-0.15, -0.1) is 11.8 Å². The zero-order valence-electron chi connectivity index (χ0n) is 23.5. The number of primary amides is 1. The van der Waals surface area contributed by atoms with Gasteiger partial charge in [0.2, 0.25) is 5.91 Å². The van der Waals surface area contributed by atoms with Gasteiger partial charge in [0.1, 0.15) is 30.0 Å². The Kier molecular flexibility index (Phi) is 9.29. The Morgan fingerprint density at radius 1 is 1.18 bits per heavy atom. The number of ether oxygens (including phenoxy) is 1. The molecular weight excluding hydrogens is 592 g/mol. The molecule has 5 rings (SSSR count). The van der Waals surface area contributed by atoms with Crippen LogP contribution in [0.3, 0.4) is 0 Å². The number of aromatic nitrogens is 1. The van der Waals surface area contributed by atoms with Crippen molar-refractivity contribution in [1.82, 2.24) is 9.88 Å². The van der Waals surface area contributed by atoms with Gasteiger partial charge in [0.05, 0.1) is 34.5 Å². The average Bonchev–Trinajstić information content (AvgIpc) is 3.32. The first kappa shape index (κ1) is 30.7. The van der Waals surface area contributed by atoms with E-state index in [4.69, 9.17) is 20.8 Å². The number of aliphatic carboxylic acids is 1. The second kappa shape index (κ2) is 13.3. The lowest BCUT2D eigenvalue weighted by molar-refractivity contribution is -0.137. The van der Waals surface area contributed by atoms with E-state index in [0.717, 1.165) is 34.4 Å². The van der Waals surface area contributed by atoms with E-state index in [0.29, 0.717) is 35.2 Å². The molecule has 3 aromatic rings. The van der Waals surface area contributed by atoms with E-state index < -0.39 is 35.5 Å². The zero-order chi connectivity index (χ0) is 31.4. The Morgan fingerprint density at radius 2 is 1.95 bits per heavy atom. The number of anilines is 1. The van der Waals surface area contributed by atoms with Gasteiger partial charge in [0.15, 0.2) is 0 Å². The number of hydrogen-bond acceptors (Lipinski definition) is 8. The zero-order valence-corrected chi connectivity index (χ0v) is 24.4. The number of nitrogens with zero attached hydrogens (tertiary/aromatic N) is 4. The van der Waals surface area contributed by atoms with E-state index in [-0.39, 0.29) is 37.3 Å². The van der Waals surface area contributed by atoms with Crippen LogP contribution >= 0.6 is 11.8 Å². The maximum atomic E-state index is 14.4. The molecule has 0 aliphatic carbocycles. The van der Waals surface area contributed by atoms with Gasteiger partial charge in [-0.3, -0.25) is 14.4 Å². The summed E-state index contributed by atoms with van der Waals surface area (Å²) < 4.78 is 34.7. The Bertz CT molecular complexity index is 1620. The number of nitrogens with two attached hydrogens (primary N) is 1. The second-order valence-electron chi connectivity index (χ2n) is 10.6. The van der Waals surface area contributed by atoms with Gasteiger partial charge in [0, 0.05) is 48.2 Å². The summed E-state index contributed by atoms with van der Waals surface area (Å²) in [6.45, 7) is 1.35. The fourth-order valence-corrected chi connectivity index (χ4v) is 6.45. The quantitative estimate of drug-likeness (QED) is 0.320. The number of carboxylic acids is 1. The summed E-state index contributed by atoms with van der Waals surface area (Å²) in [5.41, 5.74) is 7.40. The normalized spacial score (nSPS) is 15.5. The minimum Gasteiger partial charge on any atom is -0.488 e. The highest BCUT2D eigenvalue weighted by atomic mass is 32.2. The fourth-order valence-electron chi connectivity index (χ4n) is 5.40. The summed E-state index contributed by atoms with van der Waals surface area (Å²) in [6.07, 6.45) is 2.82. The summed E-state index contributed by atoms with van der Waals surface area (Å²) in [6, 6.07) is 11.3. The monoisotopic (exact) mass is 621 g/mol. The summed E-state index contributed by atoms with van der Waals surface area (Å²) in [5, 5.41) is 19.1. The van der Waals surface area contributed by atoms with Crippen molar-refractivity contribution in [3.8, 4) is 11.8 Å². The summed E-state index contributed by atoms with van der Waals surface area (Å²) in [4.78, 5) is 43.7. The largest absolute Gasteiger partial charge is 0.488 e. The highest BCUT2D eigenvalue weighted by molar-refractivity contribution is 7.99. The number of amides is 2. The first-order chi connectivity index (χ1) is 21.1. The average molecular weight is 622 g/mol. The second-order valence-corrected chi connectivity index (χ2v) is 11.9. The van der Waals surface area contributed by atoms with Crippen molar-refractivity contribution in [3.63, 3.8) is 0 Å². The third kappa shape index (κ3) is 6.92. The third-order valence-corrected chi connectivity index (χ3v) is 8.96. The molecule has 1 atom stereocenters. The topological polar surface area (TPSA) is 150 Å². The third-order valence-electron chi connectivity index (χ3n) is 7.67. The number of piperidine rings is 1. The molecule has 10 nitrogen and oxygen atoms in total. The number of thioether (sulfide) groups is 1. The fraction of sp³-hybridized carbons (Fsp3) is 0.323. The lowest BCUT2D eigenvalue weighted by Gasteiger charge is -2.33. The smallest absolute Gasteiger partial charge is 0.303 e. The van der Waals surface area contributed by atoms with Crippen LogP contribution < -0.4 is 15.4 Å². The molecule has 0 spiro atoms. The maximum Gasteiger partial charge on any atom is 0.303 e. The molecule has 13 heteroatoms. The lowest BCUT2D eigenvalue weighted by Crippen LogP contribution is -2.45.